The van der Waals surface area contributed by atoms with Crippen molar-refractivity contribution in [2.75, 3.05) is 11.4 Å². The second-order valence-electron chi connectivity index (χ2n) is 3.68. The van der Waals surface area contributed by atoms with E-state index in [-0.39, 0.29) is 12.3 Å². The molecule has 1 fully saturated rings. The van der Waals surface area contributed by atoms with Crippen molar-refractivity contribution in [3.05, 3.63) is 22.3 Å². The normalized spacial score (nSPS) is 21.1. The number of aliphatic hydroxyl groups excluding tert-OH is 1. The number of aliphatic hydroxyl groups is 1. The molecule has 80 valence electrons. The Labute approximate surface area is 96.1 Å². The molecule has 2 rings (SSSR count). The maximum absolute atomic E-state index is 11.5. The molecule has 5 heteroatoms. The van der Waals surface area contributed by atoms with Crippen molar-refractivity contribution >= 4 is 27.7 Å². The lowest BCUT2D eigenvalue weighted by atomic mass is 10.3. The van der Waals surface area contributed by atoms with Crippen LogP contribution in [0.25, 0.3) is 0 Å². The molecule has 0 aromatic carbocycles. The first-order chi connectivity index (χ1) is 7.08. The Morgan fingerprint density at radius 1 is 1.67 bits per heavy atom. The summed E-state index contributed by atoms with van der Waals surface area (Å²) in [5.74, 6) is 0.502. The van der Waals surface area contributed by atoms with Crippen molar-refractivity contribution in [1.29, 1.82) is 0 Å². The second kappa shape index (κ2) is 3.90. The Balaban J connectivity index is 2.34. The van der Waals surface area contributed by atoms with Crippen LogP contribution >= 0.6 is 15.9 Å². The Hall–Kier alpha value is -0.940. The second-order valence-corrected chi connectivity index (χ2v) is 4.53. The first-order valence-corrected chi connectivity index (χ1v) is 5.48. The number of rotatable bonds is 1. The Bertz CT molecular complexity index is 408. The van der Waals surface area contributed by atoms with Gasteiger partial charge in [0.15, 0.2) is 0 Å². The molecule has 0 spiro atoms. The van der Waals surface area contributed by atoms with E-state index in [0.717, 1.165) is 10.0 Å². The highest BCUT2D eigenvalue weighted by molar-refractivity contribution is 9.10. The highest BCUT2D eigenvalue weighted by Crippen LogP contribution is 2.27. The maximum Gasteiger partial charge on any atom is 0.230 e. The van der Waals surface area contributed by atoms with Gasteiger partial charge in [-0.25, -0.2) is 4.98 Å². The minimum absolute atomic E-state index is 0.0837. The molecule has 1 N–H and O–H groups in total. The average Bonchev–Trinajstić information content (AvgIpc) is 2.45. The predicted molar refractivity (Wildman–Crippen MR) is 59.7 cm³/mol. The van der Waals surface area contributed by atoms with E-state index in [1.54, 1.807) is 6.20 Å². The number of amides is 1. The standard InChI is InChI=1S/C10H11BrN2O2/c1-6-2-8(11)10(12-4-6)13-5-7(14)3-9(13)15/h2,4,7,14H,3,5H2,1H3. The highest BCUT2D eigenvalue weighted by Gasteiger charge is 2.30. The summed E-state index contributed by atoms with van der Waals surface area (Å²) in [6.45, 7) is 2.26. The summed E-state index contributed by atoms with van der Waals surface area (Å²) in [4.78, 5) is 17.2. The van der Waals surface area contributed by atoms with Gasteiger partial charge in [0, 0.05) is 6.20 Å². The van der Waals surface area contributed by atoms with Crippen molar-refractivity contribution in [3.63, 3.8) is 0 Å². The number of hydrogen-bond acceptors (Lipinski definition) is 3. The molecule has 1 saturated heterocycles. The third-order valence-electron chi connectivity index (χ3n) is 2.32. The van der Waals surface area contributed by atoms with Crippen LogP contribution in [0.3, 0.4) is 0 Å². The molecular formula is C10H11BrN2O2. The zero-order valence-corrected chi connectivity index (χ0v) is 9.86. The number of halogens is 1. The molecule has 0 bridgehead atoms. The average molecular weight is 271 g/mol. The minimum Gasteiger partial charge on any atom is -0.391 e. The Morgan fingerprint density at radius 3 is 2.93 bits per heavy atom. The monoisotopic (exact) mass is 270 g/mol. The molecule has 0 aliphatic carbocycles. The summed E-state index contributed by atoms with van der Waals surface area (Å²) in [6.07, 6.45) is 1.31. The largest absolute Gasteiger partial charge is 0.391 e. The number of carbonyl (C=O) groups is 1. The van der Waals surface area contributed by atoms with E-state index in [0.29, 0.717) is 12.4 Å². The van der Waals surface area contributed by atoms with Gasteiger partial charge in [-0.2, -0.15) is 0 Å². The molecule has 0 saturated carbocycles. The summed E-state index contributed by atoms with van der Waals surface area (Å²) >= 11 is 3.37. The molecule has 1 aromatic heterocycles. The number of β-amino-alcohol motifs (C(OH)–C–C–N with tert-alkyl or cyclic N) is 1. The van der Waals surface area contributed by atoms with Gasteiger partial charge >= 0.3 is 0 Å². The van der Waals surface area contributed by atoms with E-state index in [1.165, 1.54) is 4.90 Å². The van der Waals surface area contributed by atoms with Crippen LogP contribution in [0, 0.1) is 6.92 Å². The van der Waals surface area contributed by atoms with Crippen LogP contribution < -0.4 is 4.90 Å². The van der Waals surface area contributed by atoms with Crippen molar-refractivity contribution in [2.24, 2.45) is 0 Å². The molecule has 1 atom stereocenters. The topological polar surface area (TPSA) is 53.4 Å². The maximum atomic E-state index is 11.5. The number of carbonyl (C=O) groups excluding carboxylic acids is 1. The third kappa shape index (κ3) is 2.03. The summed E-state index contributed by atoms with van der Waals surface area (Å²) in [5, 5.41) is 9.37. The summed E-state index contributed by atoms with van der Waals surface area (Å²) in [5.41, 5.74) is 1.03. The van der Waals surface area contributed by atoms with E-state index < -0.39 is 6.10 Å². The van der Waals surface area contributed by atoms with Crippen LogP contribution in [0.15, 0.2) is 16.7 Å². The number of nitrogens with zero attached hydrogens (tertiary/aromatic N) is 2. The molecule has 1 aliphatic heterocycles. The fourth-order valence-electron chi connectivity index (χ4n) is 1.62. The van der Waals surface area contributed by atoms with Crippen LogP contribution in [0.2, 0.25) is 0 Å². The lowest BCUT2D eigenvalue weighted by Gasteiger charge is -2.16. The van der Waals surface area contributed by atoms with Crippen LogP contribution in [-0.4, -0.2) is 28.6 Å². The predicted octanol–water partition coefficient (Wildman–Crippen LogP) is 1.25. The number of anilines is 1. The zero-order chi connectivity index (χ0) is 11.0. The SMILES string of the molecule is Cc1cnc(N2CC(O)CC2=O)c(Br)c1. The van der Waals surface area contributed by atoms with Gasteiger partial charge in [-0.3, -0.25) is 9.69 Å². The molecule has 1 amide bonds. The molecule has 15 heavy (non-hydrogen) atoms. The van der Waals surface area contributed by atoms with Gasteiger partial charge in [0.05, 0.1) is 23.5 Å². The Kier molecular flexibility index (Phi) is 2.75. The van der Waals surface area contributed by atoms with Gasteiger partial charge in [-0.05, 0) is 34.5 Å². The van der Waals surface area contributed by atoms with Crippen LogP contribution in [0.4, 0.5) is 5.82 Å². The minimum atomic E-state index is -0.576. The van der Waals surface area contributed by atoms with Gasteiger partial charge in [-0.15, -0.1) is 0 Å². The van der Waals surface area contributed by atoms with Gasteiger partial charge in [0.2, 0.25) is 5.91 Å². The van der Waals surface area contributed by atoms with Crippen molar-refractivity contribution < 1.29 is 9.90 Å². The third-order valence-corrected chi connectivity index (χ3v) is 2.90. The molecule has 1 unspecified atom stereocenters. The number of aryl methyl sites for hydroxylation is 1. The quantitative estimate of drug-likeness (QED) is 0.836. The van der Waals surface area contributed by atoms with Crippen molar-refractivity contribution in [1.82, 2.24) is 4.98 Å². The Morgan fingerprint density at radius 2 is 2.40 bits per heavy atom. The first-order valence-electron chi connectivity index (χ1n) is 4.68. The molecule has 1 aliphatic rings. The van der Waals surface area contributed by atoms with Crippen molar-refractivity contribution in [3.8, 4) is 0 Å². The summed E-state index contributed by atoms with van der Waals surface area (Å²) < 4.78 is 0.782. The molecule has 0 radical (unpaired) electrons. The van der Waals surface area contributed by atoms with Crippen molar-refractivity contribution in [2.45, 2.75) is 19.4 Å². The van der Waals surface area contributed by atoms with Gasteiger partial charge in [0.1, 0.15) is 5.82 Å². The van der Waals surface area contributed by atoms with Gasteiger partial charge in [-0.1, -0.05) is 0 Å². The lowest BCUT2D eigenvalue weighted by Crippen LogP contribution is -2.26. The first kappa shape index (κ1) is 10.6. The number of pyridine rings is 1. The van der Waals surface area contributed by atoms with E-state index in [2.05, 4.69) is 20.9 Å². The fourth-order valence-corrected chi connectivity index (χ4v) is 2.30. The van der Waals surface area contributed by atoms with E-state index in [1.807, 2.05) is 13.0 Å². The number of hydrogen-bond donors (Lipinski definition) is 1. The van der Waals surface area contributed by atoms with Crippen LogP contribution in [-0.2, 0) is 4.79 Å². The van der Waals surface area contributed by atoms with Crippen LogP contribution in [0.5, 0.6) is 0 Å². The molecule has 2 heterocycles. The highest BCUT2D eigenvalue weighted by atomic mass is 79.9. The smallest absolute Gasteiger partial charge is 0.230 e. The molecular weight excluding hydrogens is 260 g/mol. The fraction of sp³-hybridized carbons (Fsp3) is 0.400. The van der Waals surface area contributed by atoms with Gasteiger partial charge in [0.25, 0.3) is 0 Å². The van der Waals surface area contributed by atoms with Crippen LogP contribution in [0.1, 0.15) is 12.0 Å². The molecule has 4 nitrogen and oxygen atoms in total. The lowest BCUT2D eigenvalue weighted by molar-refractivity contribution is -0.117. The van der Waals surface area contributed by atoms with E-state index in [9.17, 15) is 9.90 Å². The summed E-state index contributed by atoms with van der Waals surface area (Å²) in [6, 6.07) is 1.90. The van der Waals surface area contributed by atoms with E-state index >= 15 is 0 Å². The molecule has 1 aromatic rings. The zero-order valence-electron chi connectivity index (χ0n) is 8.27. The summed E-state index contributed by atoms with van der Waals surface area (Å²) in [7, 11) is 0. The van der Waals surface area contributed by atoms with Gasteiger partial charge < -0.3 is 5.11 Å². The number of aromatic nitrogens is 1. The van der Waals surface area contributed by atoms with E-state index in [4.69, 9.17) is 0 Å².